The maximum atomic E-state index is 12.0. The van der Waals surface area contributed by atoms with Crippen LogP contribution in [0.4, 0.5) is 0 Å². The van der Waals surface area contributed by atoms with Crippen LogP contribution in [0.1, 0.15) is 11.1 Å². The number of amides is 1. The Morgan fingerprint density at radius 3 is 2.33 bits per heavy atom. The molecule has 0 N–H and O–H groups in total. The Labute approximate surface area is 130 Å². The van der Waals surface area contributed by atoms with E-state index >= 15 is 0 Å². The molecule has 0 radical (unpaired) electrons. The van der Waals surface area contributed by atoms with E-state index in [1.165, 1.54) is 0 Å². The van der Waals surface area contributed by atoms with Crippen LogP contribution in [0.15, 0.2) is 48.5 Å². The molecule has 0 atom stereocenters. The summed E-state index contributed by atoms with van der Waals surface area (Å²) in [5.74, 6) is 0.638. The van der Waals surface area contributed by atoms with Crippen molar-refractivity contribution in [3.8, 4) is 5.75 Å². The van der Waals surface area contributed by atoms with Gasteiger partial charge in [-0.1, -0.05) is 41.4 Å². The normalized spacial score (nSPS) is 10.2. The number of likely N-dealkylation sites (N-methyl/N-ethyl adjacent to an activating group) is 1. The number of hydrogen-bond donors (Lipinski definition) is 0. The second kappa shape index (κ2) is 7.14. The van der Waals surface area contributed by atoms with E-state index in [0.29, 0.717) is 17.3 Å². The molecular formula is C17H18ClNO2. The molecule has 0 aromatic heterocycles. The van der Waals surface area contributed by atoms with Gasteiger partial charge < -0.3 is 9.64 Å². The van der Waals surface area contributed by atoms with Gasteiger partial charge in [-0.15, -0.1) is 0 Å². The number of benzene rings is 2. The first-order valence-corrected chi connectivity index (χ1v) is 7.10. The Morgan fingerprint density at radius 2 is 1.71 bits per heavy atom. The monoisotopic (exact) mass is 303 g/mol. The predicted octanol–water partition coefficient (Wildman–Crippen LogP) is 3.69. The first-order valence-electron chi connectivity index (χ1n) is 6.72. The molecule has 0 aliphatic heterocycles. The minimum absolute atomic E-state index is 0.0349. The molecule has 3 nitrogen and oxygen atoms in total. The summed E-state index contributed by atoms with van der Waals surface area (Å²) in [5.41, 5.74) is 2.19. The van der Waals surface area contributed by atoms with E-state index in [-0.39, 0.29) is 12.5 Å². The fourth-order valence-electron chi connectivity index (χ4n) is 1.84. The average molecular weight is 304 g/mol. The van der Waals surface area contributed by atoms with Crippen molar-refractivity contribution in [3.05, 3.63) is 64.7 Å². The highest BCUT2D eigenvalue weighted by molar-refractivity contribution is 6.30. The van der Waals surface area contributed by atoms with Crippen LogP contribution in [0, 0.1) is 6.92 Å². The number of hydrogen-bond acceptors (Lipinski definition) is 2. The molecule has 0 aliphatic rings. The molecule has 1 amide bonds. The lowest BCUT2D eigenvalue weighted by atomic mass is 10.2. The van der Waals surface area contributed by atoms with Gasteiger partial charge in [-0.3, -0.25) is 4.79 Å². The lowest BCUT2D eigenvalue weighted by Gasteiger charge is -2.17. The highest BCUT2D eigenvalue weighted by Crippen LogP contribution is 2.13. The van der Waals surface area contributed by atoms with Crippen LogP contribution in [0.3, 0.4) is 0 Å². The van der Waals surface area contributed by atoms with E-state index in [1.54, 1.807) is 11.9 Å². The molecule has 2 aromatic rings. The van der Waals surface area contributed by atoms with Crippen molar-refractivity contribution in [1.29, 1.82) is 0 Å². The van der Waals surface area contributed by atoms with Crippen LogP contribution in [0.2, 0.25) is 5.02 Å². The lowest BCUT2D eigenvalue weighted by Crippen LogP contribution is -2.30. The second-order valence-electron chi connectivity index (χ2n) is 4.98. The van der Waals surface area contributed by atoms with Gasteiger partial charge >= 0.3 is 0 Å². The summed E-state index contributed by atoms with van der Waals surface area (Å²) < 4.78 is 5.49. The van der Waals surface area contributed by atoms with Crippen molar-refractivity contribution in [3.63, 3.8) is 0 Å². The largest absolute Gasteiger partial charge is 0.484 e. The number of carbonyl (C=O) groups excluding carboxylic acids is 1. The topological polar surface area (TPSA) is 29.5 Å². The zero-order valence-electron chi connectivity index (χ0n) is 12.2. The van der Waals surface area contributed by atoms with Gasteiger partial charge in [-0.2, -0.15) is 0 Å². The highest BCUT2D eigenvalue weighted by Gasteiger charge is 2.10. The lowest BCUT2D eigenvalue weighted by molar-refractivity contribution is -0.132. The van der Waals surface area contributed by atoms with E-state index in [1.807, 2.05) is 55.5 Å². The molecule has 0 aliphatic carbocycles. The van der Waals surface area contributed by atoms with E-state index in [4.69, 9.17) is 16.3 Å². The quantitative estimate of drug-likeness (QED) is 0.843. The van der Waals surface area contributed by atoms with Crippen molar-refractivity contribution < 1.29 is 9.53 Å². The second-order valence-corrected chi connectivity index (χ2v) is 5.41. The molecule has 0 saturated carbocycles. The van der Waals surface area contributed by atoms with Crippen LogP contribution in [0.25, 0.3) is 0 Å². The minimum atomic E-state index is -0.0643. The molecule has 2 aromatic carbocycles. The van der Waals surface area contributed by atoms with Crippen LogP contribution >= 0.6 is 11.6 Å². The number of halogens is 1. The third kappa shape index (κ3) is 4.80. The third-order valence-corrected chi connectivity index (χ3v) is 3.39. The van der Waals surface area contributed by atoms with Crippen molar-refractivity contribution in [2.24, 2.45) is 0 Å². The smallest absolute Gasteiger partial charge is 0.260 e. The maximum Gasteiger partial charge on any atom is 0.260 e. The number of rotatable bonds is 5. The minimum Gasteiger partial charge on any atom is -0.484 e. The Hall–Kier alpha value is -2.00. The van der Waals surface area contributed by atoms with E-state index in [0.717, 1.165) is 11.1 Å². The summed E-state index contributed by atoms with van der Waals surface area (Å²) in [7, 11) is 1.76. The fraction of sp³-hybridized carbons (Fsp3) is 0.235. The zero-order chi connectivity index (χ0) is 15.2. The molecule has 21 heavy (non-hydrogen) atoms. The number of carbonyl (C=O) groups is 1. The van der Waals surface area contributed by atoms with Crippen LogP contribution < -0.4 is 4.74 Å². The molecule has 0 bridgehead atoms. The highest BCUT2D eigenvalue weighted by atomic mass is 35.5. The number of ether oxygens (including phenoxy) is 1. The summed E-state index contributed by atoms with van der Waals surface area (Å²) in [6, 6.07) is 15.1. The van der Waals surface area contributed by atoms with Gasteiger partial charge in [0.25, 0.3) is 5.91 Å². The fourth-order valence-corrected chi connectivity index (χ4v) is 1.97. The molecule has 4 heteroatoms. The molecular weight excluding hydrogens is 286 g/mol. The zero-order valence-corrected chi connectivity index (χ0v) is 12.9. The van der Waals surface area contributed by atoms with Gasteiger partial charge in [0.05, 0.1) is 0 Å². The van der Waals surface area contributed by atoms with Crippen LogP contribution in [0.5, 0.6) is 5.75 Å². The summed E-state index contributed by atoms with van der Waals surface area (Å²) in [6.45, 7) is 2.58. The van der Waals surface area contributed by atoms with Gasteiger partial charge in [0.15, 0.2) is 6.61 Å². The van der Waals surface area contributed by atoms with Gasteiger partial charge in [-0.05, 0) is 36.8 Å². The van der Waals surface area contributed by atoms with Crippen molar-refractivity contribution in [2.45, 2.75) is 13.5 Å². The molecule has 0 heterocycles. The van der Waals surface area contributed by atoms with E-state index in [9.17, 15) is 4.79 Å². The molecule has 110 valence electrons. The molecule has 2 rings (SSSR count). The van der Waals surface area contributed by atoms with Crippen molar-refractivity contribution in [2.75, 3.05) is 13.7 Å². The van der Waals surface area contributed by atoms with Gasteiger partial charge in [0.2, 0.25) is 0 Å². The molecule has 0 spiro atoms. The van der Waals surface area contributed by atoms with Crippen molar-refractivity contribution >= 4 is 17.5 Å². The Morgan fingerprint density at radius 1 is 1.10 bits per heavy atom. The predicted molar refractivity (Wildman–Crippen MR) is 84.6 cm³/mol. The van der Waals surface area contributed by atoms with Gasteiger partial charge in [0.1, 0.15) is 5.75 Å². The standard InChI is InChI=1S/C17H18ClNO2/c1-13-3-9-16(10-4-13)21-12-17(20)19(2)11-14-5-7-15(18)8-6-14/h3-10H,11-12H2,1-2H3. The summed E-state index contributed by atoms with van der Waals surface area (Å²) in [5, 5.41) is 0.690. The van der Waals surface area contributed by atoms with Gasteiger partial charge in [-0.25, -0.2) is 0 Å². The van der Waals surface area contributed by atoms with E-state index in [2.05, 4.69) is 0 Å². The summed E-state index contributed by atoms with van der Waals surface area (Å²) in [4.78, 5) is 13.7. The Kier molecular flexibility index (Phi) is 5.23. The summed E-state index contributed by atoms with van der Waals surface area (Å²) in [6.07, 6.45) is 0. The number of aryl methyl sites for hydroxylation is 1. The third-order valence-electron chi connectivity index (χ3n) is 3.14. The van der Waals surface area contributed by atoms with Crippen LogP contribution in [-0.4, -0.2) is 24.5 Å². The number of nitrogens with zero attached hydrogens (tertiary/aromatic N) is 1. The van der Waals surface area contributed by atoms with Crippen LogP contribution in [-0.2, 0) is 11.3 Å². The first kappa shape index (κ1) is 15.4. The Bertz CT molecular complexity index is 593. The average Bonchev–Trinajstić information content (AvgIpc) is 2.48. The molecule has 0 saturated heterocycles. The molecule has 0 unspecified atom stereocenters. The SMILES string of the molecule is Cc1ccc(OCC(=O)N(C)Cc2ccc(Cl)cc2)cc1. The van der Waals surface area contributed by atoms with E-state index < -0.39 is 0 Å². The first-order chi connectivity index (χ1) is 10.0. The Balaban J connectivity index is 1.84. The maximum absolute atomic E-state index is 12.0. The van der Waals surface area contributed by atoms with Gasteiger partial charge in [0, 0.05) is 18.6 Å². The van der Waals surface area contributed by atoms with Crippen molar-refractivity contribution in [1.82, 2.24) is 4.90 Å². The molecule has 0 fully saturated rings. The summed E-state index contributed by atoms with van der Waals surface area (Å²) >= 11 is 5.84.